The van der Waals surface area contributed by atoms with Crippen LogP contribution in [0, 0.1) is 6.92 Å². The molecule has 0 heterocycles. The fourth-order valence-corrected chi connectivity index (χ4v) is 2.63. The summed E-state index contributed by atoms with van der Waals surface area (Å²) in [6.07, 6.45) is 0.947. The minimum atomic E-state index is 0.188. The second-order valence-electron chi connectivity index (χ2n) is 4.96. The molecular formula is C17H19Cl2NO. The molecule has 1 N–H and O–H groups in total. The SMILES string of the molecule is CCC(Nc1ccc(OC)c(C)c1)c1ccc(Cl)c(Cl)c1. The van der Waals surface area contributed by atoms with Crippen molar-refractivity contribution in [3.05, 3.63) is 57.6 Å². The van der Waals surface area contributed by atoms with Crippen molar-refractivity contribution in [1.29, 1.82) is 0 Å². The van der Waals surface area contributed by atoms with Crippen LogP contribution in [0.5, 0.6) is 5.75 Å². The van der Waals surface area contributed by atoms with Gasteiger partial charge in [0, 0.05) is 5.69 Å². The number of ether oxygens (including phenoxy) is 1. The Kier molecular flexibility index (Phi) is 5.38. The van der Waals surface area contributed by atoms with E-state index in [0.717, 1.165) is 29.0 Å². The molecule has 0 bridgehead atoms. The highest BCUT2D eigenvalue weighted by atomic mass is 35.5. The van der Waals surface area contributed by atoms with Gasteiger partial charge in [-0.15, -0.1) is 0 Å². The maximum atomic E-state index is 6.11. The molecule has 2 aromatic carbocycles. The highest BCUT2D eigenvalue weighted by molar-refractivity contribution is 6.42. The largest absolute Gasteiger partial charge is 0.496 e. The summed E-state index contributed by atoms with van der Waals surface area (Å²) in [5.41, 5.74) is 3.29. The molecule has 0 aromatic heterocycles. The summed E-state index contributed by atoms with van der Waals surface area (Å²) in [4.78, 5) is 0. The van der Waals surface area contributed by atoms with Gasteiger partial charge in [0.2, 0.25) is 0 Å². The first-order chi connectivity index (χ1) is 10.0. The molecule has 0 fully saturated rings. The van der Waals surface area contributed by atoms with Crippen molar-refractivity contribution in [2.45, 2.75) is 26.3 Å². The van der Waals surface area contributed by atoms with Gasteiger partial charge >= 0.3 is 0 Å². The van der Waals surface area contributed by atoms with E-state index in [1.807, 2.05) is 37.3 Å². The molecule has 21 heavy (non-hydrogen) atoms. The first-order valence-electron chi connectivity index (χ1n) is 6.91. The summed E-state index contributed by atoms with van der Waals surface area (Å²) >= 11 is 12.1. The topological polar surface area (TPSA) is 21.3 Å². The van der Waals surface area contributed by atoms with Gasteiger partial charge in [-0.25, -0.2) is 0 Å². The van der Waals surface area contributed by atoms with E-state index in [4.69, 9.17) is 27.9 Å². The zero-order valence-corrected chi connectivity index (χ0v) is 13.9. The lowest BCUT2D eigenvalue weighted by Gasteiger charge is -2.20. The molecule has 0 aliphatic rings. The maximum Gasteiger partial charge on any atom is 0.121 e. The van der Waals surface area contributed by atoms with Crippen molar-refractivity contribution in [3.63, 3.8) is 0 Å². The Labute approximate surface area is 136 Å². The monoisotopic (exact) mass is 323 g/mol. The summed E-state index contributed by atoms with van der Waals surface area (Å²) in [7, 11) is 1.68. The predicted molar refractivity (Wildman–Crippen MR) is 90.8 cm³/mol. The third kappa shape index (κ3) is 3.84. The van der Waals surface area contributed by atoms with Crippen LogP contribution < -0.4 is 10.1 Å². The van der Waals surface area contributed by atoms with Crippen LogP contribution in [0.2, 0.25) is 10.0 Å². The van der Waals surface area contributed by atoms with Crippen molar-refractivity contribution in [3.8, 4) is 5.75 Å². The Morgan fingerprint density at radius 1 is 1.10 bits per heavy atom. The van der Waals surface area contributed by atoms with Gasteiger partial charge in [0.15, 0.2) is 0 Å². The van der Waals surface area contributed by atoms with E-state index in [1.54, 1.807) is 7.11 Å². The van der Waals surface area contributed by atoms with E-state index in [0.29, 0.717) is 10.0 Å². The van der Waals surface area contributed by atoms with Crippen LogP contribution in [-0.2, 0) is 0 Å². The average molecular weight is 324 g/mol. The molecule has 4 heteroatoms. The van der Waals surface area contributed by atoms with Crippen LogP contribution in [0.1, 0.15) is 30.5 Å². The average Bonchev–Trinajstić information content (AvgIpc) is 2.48. The molecule has 2 nitrogen and oxygen atoms in total. The molecule has 0 saturated heterocycles. The Hall–Kier alpha value is -1.38. The van der Waals surface area contributed by atoms with Crippen LogP contribution in [-0.4, -0.2) is 7.11 Å². The third-order valence-corrected chi connectivity index (χ3v) is 4.23. The zero-order chi connectivity index (χ0) is 15.4. The fraction of sp³-hybridized carbons (Fsp3) is 0.294. The second-order valence-corrected chi connectivity index (χ2v) is 5.78. The number of aryl methyl sites for hydroxylation is 1. The molecule has 2 rings (SSSR count). The van der Waals surface area contributed by atoms with Crippen LogP contribution in [0.25, 0.3) is 0 Å². The van der Waals surface area contributed by atoms with Crippen LogP contribution in [0.15, 0.2) is 36.4 Å². The summed E-state index contributed by atoms with van der Waals surface area (Å²) < 4.78 is 5.28. The summed E-state index contributed by atoms with van der Waals surface area (Å²) in [6.45, 7) is 4.17. The lowest BCUT2D eigenvalue weighted by atomic mass is 10.0. The van der Waals surface area contributed by atoms with E-state index < -0.39 is 0 Å². The predicted octanol–water partition coefficient (Wildman–Crippen LogP) is 5.87. The van der Waals surface area contributed by atoms with Gasteiger partial charge in [0.1, 0.15) is 5.75 Å². The molecule has 2 aromatic rings. The van der Waals surface area contributed by atoms with Gasteiger partial charge in [-0.3, -0.25) is 0 Å². The highest BCUT2D eigenvalue weighted by Gasteiger charge is 2.11. The first-order valence-corrected chi connectivity index (χ1v) is 7.67. The van der Waals surface area contributed by atoms with Gasteiger partial charge in [-0.2, -0.15) is 0 Å². The number of methoxy groups -OCH3 is 1. The van der Waals surface area contributed by atoms with Gasteiger partial charge in [0.05, 0.1) is 23.2 Å². The highest BCUT2D eigenvalue weighted by Crippen LogP contribution is 2.30. The van der Waals surface area contributed by atoms with Gasteiger partial charge in [-0.1, -0.05) is 36.2 Å². The number of anilines is 1. The van der Waals surface area contributed by atoms with Gasteiger partial charge in [0.25, 0.3) is 0 Å². The molecule has 0 saturated carbocycles. The summed E-state index contributed by atoms with van der Waals surface area (Å²) in [5.74, 6) is 0.892. The molecule has 0 aliphatic heterocycles. The number of nitrogens with one attached hydrogen (secondary N) is 1. The molecule has 1 atom stereocenters. The van der Waals surface area contributed by atoms with Crippen molar-refractivity contribution >= 4 is 28.9 Å². The van der Waals surface area contributed by atoms with Crippen molar-refractivity contribution in [1.82, 2.24) is 0 Å². The standard InChI is InChI=1S/C17H19Cl2NO/c1-4-16(12-5-7-14(18)15(19)10-12)20-13-6-8-17(21-3)11(2)9-13/h5-10,16,20H,4H2,1-3H3. The minimum absolute atomic E-state index is 0.188. The summed E-state index contributed by atoms with van der Waals surface area (Å²) in [5, 5.41) is 4.69. The summed E-state index contributed by atoms with van der Waals surface area (Å²) in [6, 6.07) is 12.0. The normalized spacial score (nSPS) is 12.0. The van der Waals surface area contributed by atoms with E-state index in [1.165, 1.54) is 0 Å². The number of rotatable bonds is 5. The lowest BCUT2D eigenvalue weighted by molar-refractivity contribution is 0.412. The van der Waals surface area contributed by atoms with Crippen molar-refractivity contribution in [2.24, 2.45) is 0 Å². The molecule has 1 unspecified atom stereocenters. The molecule has 0 radical (unpaired) electrons. The molecule has 0 aliphatic carbocycles. The smallest absolute Gasteiger partial charge is 0.121 e. The number of benzene rings is 2. The molecule has 0 spiro atoms. The second kappa shape index (κ2) is 7.06. The molecule has 112 valence electrons. The van der Waals surface area contributed by atoms with E-state index in [2.05, 4.69) is 18.3 Å². The Bertz CT molecular complexity index is 628. The minimum Gasteiger partial charge on any atom is -0.496 e. The van der Waals surface area contributed by atoms with Crippen molar-refractivity contribution < 1.29 is 4.74 Å². The Balaban J connectivity index is 2.22. The van der Waals surface area contributed by atoms with Crippen LogP contribution in [0.4, 0.5) is 5.69 Å². The van der Waals surface area contributed by atoms with E-state index >= 15 is 0 Å². The number of hydrogen-bond donors (Lipinski definition) is 1. The molecular weight excluding hydrogens is 305 g/mol. The van der Waals surface area contributed by atoms with Crippen LogP contribution >= 0.6 is 23.2 Å². The zero-order valence-electron chi connectivity index (χ0n) is 12.4. The molecule has 0 amide bonds. The number of halogens is 2. The third-order valence-electron chi connectivity index (χ3n) is 3.49. The fourth-order valence-electron chi connectivity index (χ4n) is 2.32. The maximum absolute atomic E-state index is 6.11. The quantitative estimate of drug-likeness (QED) is 0.742. The first kappa shape index (κ1) is 16.0. The Morgan fingerprint density at radius 3 is 2.43 bits per heavy atom. The lowest BCUT2D eigenvalue weighted by Crippen LogP contribution is -2.09. The van der Waals surface area contributed by atoms with Crippen LogP contribution in [0.3, 0.4) is 0 Å². The van der Waals surface area contributed by atoms with Crippen molar-refractivity contribution in [2.75, 3.05) is 12.4 Å². The Morgan fingerprint density at radius 2 is 1.86 bits per heavy atom. The van der Waals surface area contributed by atoms with E-state index in [-0.39, 0.29) is 6.04 Å². The van der Waals surface area contributed by atoms with Gasteiger partial charge < -0.3 is 10.1 Å². The van der Waals surface area contributed by atoms with E-state index in [9.17, 15) is 0 Å². The number of hydrogen-bond acceptors (Lipinski definition) is 2. The van der Waals surface area contributed by atoms with Gasteiger partial charge in [-0.05, 0) is 54.8 Å².